The van der Waals surface area contributed by atoms with Crippen LogP contribution in [-0.4, -0.2) is 125 Å². The summed E-state index contributed by atoms with van der Waals surface area (Å²) in [5, 5.41) is 39.7. The van der Waals surface area contributed by atoms with E-state index in [1.807, 2.05) is 0 Å². The number of rotatable bonds is 26. The van der Waals surface area contributed by atoms with Crippen molar-refractivity contribution in [1.29, 1.82) is 0 Å². The van der Waals surface area contributed by atoms with Crippen molar-refractivity contribution in [3.05, 3.63) is 0 Å². The Morgan fingerprint density at radius 3 is 1.25 bits per heavy atom. The summed E-state index contributed by atoms with van der Waals surface area (Å²) in [5.74, 6) is -9.82. The van der Waals surface area contributed by atoms with E-state index in [1.165, 1.54) is 0 Å². The fraction of sp³-hybridized carbons (Fsp3) is 0.643. The van der Waals surface area contributed by atoms with E-state index in [9.17, 15) is 53.7 Å². The van der Waals surface area contributed by atoms with Gasteiger partial charge in [-0.15, -0.1) is 0 Å². The minimum absolute atomic E-state index is 0.000241. The molecule has 51 heavy (non-hydrogen) atoms. The van der Waals surface area contributed by atoms with Gasteiger partial charge in [0.15, 0.2) is 11.9 Å². The molecule has 0 aliphatic carbocycles. The van der Waals surface area contributed by atoms with Gasteiger partial charge in [0.1, 0.15) is 30.2 Å². The van der Waals surface area contributed by atoms with Gasteiger partial charge >= 0.3 is 17.9 Å². The number of amides is 5. The van der Waals surface area contributed by atoms with Crippen molar-refractivity contribution in [3.8, 4) is 0 Å². The Hall–Kier alpha value is -5.74. The average molecular weight is 731 g/mol. The smallest absolute Gasteiger partial charge is 0.326 e. The van der Waals surface area contributed by atoms with Gasteiger partial charge in [0.25, 0.3) is 0 Å². The number of carboxylic acid groups (broad SMARTS) is 3. The average Bonchev–Trinajstić information content (AvgIpc) is 3.01. The number of hydrogen-bond acceptors (Lipinski definition) is 11. The molecule has 0 aromatic heterocycles. The predicted molar refractivity (Wildman–Crippen MR) is 180 cm³/mol. The van der Waals surface area contributed by atoms with Crippen LogP contribution in [0.15, 0.2) is 9.98 Å². The maximum absolute atomic E-state index is 13.4. The van der Waals surface area contributed by atoms with Gasteiger partial charge < -0.3 is 70.6 Å². The van der Waals surface area contributed by atoms with Crippen LogP contribution in [0.4, 0.5) is 0 Å². The first-order valence-corrected chi connectivity index (χ1v) is 15.8. The van der Waals surface area contributed by atoms with E-state index >= 15 is 0 Å². The zero-order valence-corrected chi connectivity index (χ0v) is 28.3. The highest BCUT2D eigenvalue weighted by Gasteiger charge is 2.33. The summed E-state index contributed by atoms with van der Waals surface area (Å²) in [5.41, 5.74) is 26.6. The van der Waals surface area contributed by atoms with Crippen molar-refractivity contribution in [2.45, 2.75) is 94.9 Å². The van der Waals surface area contributed by atoms with Gasteiger partial charge in [-0.1, -0.05) is 0 Å². The van der Waals surface area contributed by atoms with E-state index in [0.717, 1.165) is 6.92 Å². The van der Waals surface area contributed by atoms with Crippen LogP contribution in [0.1, 0.15) is 64.7 Å². The van der Waals surface area contributed by atoms with Crippen molar-refractivity contribution >= 4 is 59.4 Å². The molecule has 0 radical (unpaired) electrons. The van der Waals surface area contributed by atoms with E-state index in [4.69, 9.17) is 28.7 Å². The lowest BCUT2D eigenvalue weighted by atomic mass is 10.0. The molecule has 0 aromatic carbocycles. The van der Waals surface area contributed by atoms with Crippen molar-refractivity contribution < 1.29 is 53.7 Å². The van der Waals surface area contributed by atoms with Gasteiger partial charge in [0.2, 0.25) is 29.5 Å². The fourth-order valence-corrected chi connectivity index (χ4v) is 4.40. The number of hydrogen-bond donors (Lipinski definition) is 13. The monoisotopic (exact) mass is 730 g/mol. The number of nitrogens with two attached hydrogens (primary N) is 5. The molecule has 0 heterocycles. The molecule has 0 aromatic rings. The molecule has 0 saturated carbocycles. The number of nitrogens with one attached hydrogen (secondary N) is 5. The molecule has 0 bridgehead atoms. The lowest BCUT2D eigenvalue weighted by Crippen LogP contribution is -2.59. The van der Waals surface area contributed by atoms with Crippen LogP contribution in [0, 0.1) is 0 Å². The second kappa shape index (κ2) is 24.4. The molecule has 23 heteroatoms. The number of nitrogens with zero attached hydrogens (tertiary/aromatic N) is 2. The topological polar surface area (TPSA) is 412 Å². The van der Waals surface area contributed by atoms with Crippen LogP contribution < -0.4 is 55.3 Å². The van der Waals surface area contributed by atoms with Crippen molar-refractivity contribution in [2.24, 2.45) is 38.7 Å². The van der Waals surface area contributed by atoms with E-state index < -0.39 is 90.5 Å². The fourth-order valence-electron chi connectivity index (χ4n) is 4.40. The first kappa shape index (κ1) is 45.3. The van der Waals surface area contributed by atoms with Gasteiger partial charge in [0, 0.05) is 20.0 Å². The van der Waals surface area contributed by atoms with Crippen molar-refractivity contribution in [2.75, 3.05) is 19.6 Å². The second-order valence-corrected chi connectivity index (χ2v) is 11.2. The van der Waals surface area contributed by atoms with E-state index in [0.29, 0.717) is 6.42 Å². The molecule has 0 rings (SSSR count). The number of carbonyl (C=O) groups excluding carboxylic acids is 5. The first-order valence-electron chi connectivity index (χ1n) is 15.8. The zero-order valence-electron chi connectivity index (χ0n) is 28.3. The van der Waals surface area contributed by atoms with E-state index in [1.54, 1.807) is 0 Å². The number of carboxylic acids is 3. The van der Waals surface area contributed by atoms with Crippen LogP contribution in [0.25, 0.3) is 0 Å². The third-order valence-corrected chi connectivity index (χ3v) is 6.80. The van der Waals surface area contributed by atoms with Crippen LogP contribution in [0.5, 0.6) is 0 Å². The molecular formula is C28H50N12O11. The van der Waals surface area contributed by atoms with Crippen LogP contribution in [0.2, 0.25) is 0 Å². The number of aliphatic imine (C=N–C) groups is 2. The molecule has 5 amide bonds. The molecule has 0 fully saturated rings. The number of guanidine groups is 2. The minimum atomic E-state index is -1.81. The van der Waals surface area contributed by atoms with Gasteiger partial charge in [-0.05, 0) is 51.5 Å². The first-order chi connectivity index (χ1) is 23.9. The molecule has 0 aliphatic rings. The Morgan fingerprint density at radius 2 is 0.882 bits per heavy atom. The summed E-state index contributed by atoms with van der Waals surface area (Å²) < 4.78 is 0. The molecular weight excluding hydrogens is 680 g/mol. The lowest BCUT2D eigenvalue weighted by Gasteiger charge is -2.26. The van der Waals surface area contributed by atoms with Gasteiger partial charge in [0.05, 0.1) is 12.8 Å². The molecule has 23 nitrogen and oxygen atoms in total. The van der Waals surface area contributed by atoms with Crippen molar-refractivity contribution in [1.82, 2.24) is 26.6 Å². The highest BCUT2D eigenvalue weighted by atomic mass is 16.4. The standard InChI is InChI=1S/C28H50N12O11/c1-14(41)36-15(7-4-10-34-27(30)31)22(46)39-18(12-20(42)43)24(48)37-16(6-2-3-9-29)23(47)40-19(13-21(44)45)25(49)38-17(26(50)51)8-5-11-35-28(32)33/h15-19H,2-13,29H2,1H3,(H,36,41)(H,37,48)(H,38,49)(H,39,46)(H,40,47)(H,42,43)(H,44,45)(H,50,51)(H4,30,31,34)(H4,32,33,35)/t15-,16-,17-,18-,19-/m0/s1. The quantitative estimate of drug-likeness (QED) is 0.0224. The summed E-state index contributed by atoms with van der Waals surface area (Å²) in [6.07, 6.45) is -1.26. The third-order valence-electron chi connectivity index (χ3n) is 6.80. The molecule has 0 saturated heterocycles. The molecule has 0 spiro atoms. The highest BCUT2D eigenvalue weighted by molar-refractivity contribution is 5.97. The molecule has 0 aliphatic heterocycles. The lowest BCUT2D eigenvalue weighted by molar-refractivity contribution is -0.143. The molecule has 5 atom stereocenters. The largest absolute Gasteiger partial charge is 0.481 e. The second-order valence-electron chi connectivity index (χ2n) is 11.2. The Labute approximate surface area is 293 Å². The number of carbonyl (C=O) groups is 8. The molecule has 288 valence electrons. The van der Waals surface area contributed by atoms with Crippen LogP contribution >= 0.6 is 0 Å². The minimum Gasteiger partial charge on any atom is -0.481 e. The van der Waals surface area contributed by atoms with E-state index in [-0.39, 0.29) is 70.1 Å². The third kappa shape index (κ3) is 21.1. The van der Waals surface area contributed by atoms with Crippen LogP contribution in [0.3, 0.4) is 0 Å². The van der Waals surface area contributed by atoms with Gasteiger partial charge in [-0.25, -0.2) is 4.79 Å². The maximum Gasteiger partial charge on any atom is 0.326 e. The summed E-state index contributed by atoms with van der Waals surface area (Å²) in [6.45, 7) is 1.47. The van der Waals surface area contributed by atoms with Crippen LogP contribution in [-0.2, 0) is 38.4 Å². The maximum atomic E-state index is 13.4. The van der Waals surface area contributed by atoms with E-state index in [2.05, 4.69) is 36.6 Å². The Morgan fingerprint density at radius 1 is 0.529 bits per heavy atom. The SMILES string of the molecule is CC(=O)N[C@@H](CCCN=C(N)N)C(=O)N[C@@H](CC(=O)O)C(=O)N[C@@H](CCCCN)C(=O)N[C@@H](CC(=O)O)C(=O)N[C@@H](CCCN=C(N)N)C(=O)O. The predicted octanol–water partition coefficient (Wildman–Crippen LogP) is -5.30. The van der Waals surface area contributed by atoms with Gasteiger partial charge in [-0.2, -0.15) is 0 Å². The summed E-state index contributed by atoms with van der Waals surface area (Å²) in [4.78, 5) is 107. The summed E-state index contributed by atoms with van der Waals surface area (Å²) >= 11 is 0. The summed E-state index contributed by atoms with van der Waals surface area (Å²) in [7, 11) is 0. The van der Waals surface area contributed by atoms with Crippen molar-refractivity contribution in [3.63, 3.8) is 0 Å². The number of aliphatic carboxylic acids is 3. The molecule has 0 unspecified atom stereocenters. The zero-order chi connectivity index (χ0) is 39.1. The number of unbranched alkanes of at least 4 members (excludes halogenated alkanes) is 1. The van der Waals surface area contributed by atoms with Gasteiger partial charge in [-0.3, -0.25) is 43.5 Å². The Balaban J connectivity index is 6.08. The molecule has 18 N–H and O–H groups in total. The normalized spacial score (nSPS) is 13.5. The highest BCUT2D eigenvalue weighted by Crippen LogP contribution is 2.07. The summed E-state index contributed by atoms with van der Waals surface area (Å²) in [6, 6.07) is -7.80. The Kier molecular flexibility index (Phi) is 21.7. The Bertz CT molecular complexity index is 1290.